The van der Waals surface area contributed by atoms with E-state index >= 15 is 0 Å². The van der Waals surface area contributed by atoms with Crippen molar-refractivity contribution in [3.63, 3.8) is 0 Å². The van der Waals surface area contributed by atoms with Crippen LogP contribution in [-0.2, 0) is 0 Å². The van der Waals surface area contributed by atoms with Crippen LogP contribution in [0, 0.1) is 22.7 Å². The molecule has 0 saturated carbocycles. The molecule has 1 aliphatic heterocycles. The van der Waals surface area contributed by atoms with Crippen molar-refractivity contribution in [1.29, 1.82) is 10.5 Å². The highest BCUT2D eigenvalue weighted by molar-refractivity contribution is 7.81. The number of nitrogens with zero attached hydrogens (tertiary/aromatic N) is 3. The Kier molecular flexibility index (Phi) is 2.64. The zero-order valence-corrected chi connectivity index (χ0v) is 11.2. The lowest BCUT2D eigenvalue weighted by Gasteiger charge is -2.15. The summed E-state index contributed by atoms with van der Waals surface area (Å²) in [4.78, 5) is 2.44. The number of alkyl halides is 1. The van der Waals surface area contributed by atoms with Crippen LogP contribution >= 0.6 is 23.8 Å². The second-order valence-corrected chi connectivity index (χ2v) is 4.74. The van der Waals surface area contributed by atoms with E-state index in [1.165, 1.54) is 0 Å². The summed E-state index contributed by atoms with van der Waals surface area (Å²) < 4.78 is 0. The van der Waals surface area contributed by atoms with E-state index in [0.29, 0.717) is 21.5 Å². The monoisotopic (exact) mass is 283 g/mol. The number of halogens is 1. The van der Waals surface area contributed by atoms with Gasteiger partial charge in [0, 0.05) is 16.3 Å². The zero-order chi connectivity index (χ0) is 13.6. The Morgan fingerprint density at radius 2 is 1.68 bits per heavy atom. The topological polar surface area (TPSA) is 50.8 Å². The molecule has 0 aromatic heterocycles. The summed E-state index contributed by atoms with van der Waals surface area (Å²) in [6.45, 7) is 0. The molecule has 2 aromatic rings. The van der Waals surface area contributed by atoms with Crippen molar-refractivity contribution >= 4 is 45.3 Å². The molecule has 0 radical (unpaired) electrons. The van der Waals surface area contributed by atoms with Gasteiger partial charge in [-0.3, -0.25) is 0 Å². The lowest BCUT2D eigenvalue weighted by atomic mass is 9.97. The van der Waals surface area contributed by atoms with Crippen LogP contribution in [0.3, 0.4) is 0 Å². The first-order chi connectivity index (χ1) is 9.22. The molecular formula is C14H6ClN3S. The molecule has 0 amide bonds. The summed E-state index contributed by atoms with van der Waals surface area (Å²) >= 11 is 11.3. The van der Waals surface area contributed by atoms with Crippen molar-refractivity contribution in [2.24, 2.45) is 0 Å². The average molecular weight is 284 g/mol. The molecule has 5 heteroatoms. The Morgan fingerprint density at radius 1 is 1.05 bits per heavy atom. The minimum atomic E-state index is 0.246. The number of hydrogen-bond acceptors (Lipinski definition) is 3. The molecule has 19 heavy (non-hydrogen) atoms. The zero-order valence-electron chi connectivity index (χ0n) is 9.64. The number of benzene rings is 2. The first-order valence-corrected chi connectivity index (χ1v) is 6.45. The fourth-order valence-corrected chi connectivity index (χ4v) is 3.09. The van der Waals surface area contributed by atoms with Crippen molar-refractivity contribution in [3.8, 4) is 12.1 Å². The van der Waals surface area contributed by atoms with Gasteiger partial charge in [0.2, 0.25) is 0 Å². The summed E-state index contributed by atoms with van der Waals surface area (Å²) in [5.41, 5.74) is 2.69. The van der Waals surface area contributed by atoms with E-state index in [-0.39, 0.29) is 6.00 Å². The Balaban J connectivity index is 2.54. The summed E-state index contributed by atoms with van der Waals surface area (Å²) in [5.74, 6) is 0. The second-order valence-electron chi connectivity index (χ2n) is 4.12. The van der Waals surface area contributed by atoms with E-state index in [2.05, 4.69) is 12.1 Å². The molecule has 1 aliphatic rings. The van der Waals surface area contributed by atoms with E-state index in [0.717, 1.165) is 16.6 Å². The molecule has 0 spiro atoms. The van der Waals surface area contributed by atoms with Gasteiger partial charge >= 0.3 is 0 Å². The second kappa shape index (κ2) is 4.20. The number of thiocarbonyl (C=S) groups is 1. The molecule has 0 unspecified atom stereocenters. The number of nitriles is 2. The highest BCUT2D eigenvalue weighted by Crippen LogP contribution is 2.40. The lowest BCUT2D eigenvalue weighted by molar-refractivity contribution is 1.27. The Hall–Kier alpha value is -2.14. The smallest absolute Gasteiger partial charge is 0.115 e. The minimum absolute atomic E-state index is 0.246. The molecule has 0 fully saturated rings. The Bertz CT molecular complexity index is 794. The molecule has 90 valence electrons. The van der Waals surface area contributed by atoms with Crippen LogP contribution in [0.15, 0.2) is 24.3 Å². The van der Waals surface area contributed by atoms with E-state index in [1.54, 1.807) is 17.0 Å². The van der Waals surface area contributed by atoms with Gasteiger partial charge in [0.05, 0.1) is 35.0 Å². The molecule has 3 nitrogen and oxygen atoms in total. The average Bonchev–Trinajstić information content (AvgIpc) is 2.73. The summed E-state index contributed by atoms with van der Waals surface area (Å²) in [6, 6.07) is 11.6. The van der Waals surface area contributed by atoms with Gasteiger partial charge in [-0.15, -0.1) is 11.6 Å². The highest BCUT2D eigenvalue weighted by atomic mass is 35.5. The predicted octanol–water partition coefficient (Wildman–Crippen LogP) is 3.27. The van der Waals surface area contributed by atoms with Gasteiger partial charge in [0.25, 0.3) is 0 Å². The van der Waals surface area contributed by atoms with Crippen LogP contribution in [0.25, 0.3) is 10.8 Å². The third-order valence-electron chi connectivity index (χ3n) is 3.27. The minimum Gasteiger partial charge on any atom is -0.317 e. The van der Waals surface area contributed by atoms with Gasteiger partial charge in [-0.05, 0) is 24.3 Å². The molecule has 3 rings (SSSR count). The Labute approximate surface area is 120 Å². The molecule has 2 aromatic carbocycles. The molecule has 0 atom stereocenters. The fourth-order valence-electron chi connectivity index (χ4n) is 2.44. The van der Waals surface area contributed by atoms with E-state index in [4.69, 9.17) is 23.8 Å². The predicted molar refractivity (Wildman–Crippen MR) is 78.3 cm³/mol. The third kappa shape index (κ3) is 1.45. The maximum atomic E-state index is 9.21. The molecule has 1 heterocycles. The van der Waals surface area contributed by atoms with Crippen molar-refractivity contribution in [2.45, 2.75) is 0 Å². The number of anilines is 1. The molecule has 0 aliphatic carbocycles. The maximum Gasteiger partial charge on any atom is 0.115 e. The maximum absolute atomic E-state index is 9.21. The first-order valence-electron chi connectivity index (χ1n) is 5.50. The Morgan fingerprint density at radius 3 is 2.26 bits per heavy atom. The van der Waals surface area contributed by atoms with Crippen LogP contribution in [0.5, 0.6) is 0 Å². The van der Waals surface area contributed by atoms with Gasteiger partial charge in [-0.25, -0.2) is 0 Å². The van der Waals surface area contributed by atoms with E-state index < -0.39 is 0 Å². The largest absolute Gasteiger partial charge is 0.317 e. The fraction of sp³-hybridized carbons (Fsp3) is 0.0714. The lowest BCUT2D eigenvalue weighted by Crippen LogP contribution is -2.23. The molecular weight excluding hydrogens is 278 g/mol. The van der Waals surface area contributed by atoms with Gasteiger partial charge in [-0.2, -0.15) is 10.5 Å². The van der Waals surface area contributed by atoms with Crippen molar-refractivity contribution in [1.82, 2.24) is 0 Å². The number of hydrogen-bond donors (Lipinski definition) is 0. The third-order valence-corrected chi connectivity index (χ3v) is 3.94. The van der Waals surface area contributed by atoms with E-state index in [9.17, 15) is 10.5 Å². The van der Waals surface area contributed by atoms with Crippen LogP contribution in [-0.4, -0.2) is 11.0 Å². The number of rotatable bonds is 1. The van der Waals surface area contributed by atoms with Crippen LogP contribution in [0.1, 0.15) is 16.7 Å². The van der Waals surface area contributed by atoms with Crippen LogP contribution in [0.2, 0.25) is 0 Å². The van der Waals surface area contributed by atoms with Gasteiger partial charge in [-0.1, -0.05) is 12.2 Å². The van der Waals surface area contributed by atoms with Crippen LogP contribution < -0.4 is 4.90 Å². The standard InChI is InChI=1S/C14H6ClN3S/c15-7-18-11-4-2-9(6-17)12-8(5-16)1-3-10(13(11)12)14(18)19/h1-4H,7H2. The van der Waals surface area contributed by atoms with Gasteiger partial charge in [0.15, 0.2) is 0 Å². The molecule has 0 N–H and O–H groups in total. The highest BCUT2D eigenvalue weighted by Gasteiger charge is 2.28. The summed E-state index contributed by atoms with van der Waals surface area (Å²) in [5, 5.41) is 19.9. The quantitative estimate of drug-likeness (QED) is 0.458. The van der Waals surface area contributed by atoms with Gasteiger partial charge in [0.1, 0.15) is 4.99 Å². The normalized spacial score (nSPS) is 12.6. The SMILES string of the molecule is N#Cc1ccc2c3c(ccc(C#N)c13)N(CCl)C2=S. The van der Waals surface area contributed by atoms with E-state index in [1.807, 2.05) is 12.1 Å². The molecule has 0 bridgehead atoms. The van der Waals surface area contributed by atoms with Crippen molar-refractivity contribution in [3.05, 3.63) is 41.0 Å². The van der Waals surface area contributed by atoms with Crippen molar-refractivity contribution in [2.75, 3.05) is 10.9 Å². The van der Waals surface area contributed by atoms with Crippen molar-refractivity contribution < 1.29 is 0 Å². The molecule has 0 saturated heterocycles. The van der Waals surface area contributed by atoms with Crippen LogP contribution in [0.4, 0.5) is 5.69 Å². The first kappa shape index (κ1) is 11.9. The summed E-state index contributed by atoms with van der Waals surface area (Å²) in [6.07, 6.45) is 0. The summed E-state index contributed by atoms with van der Waals surface area (Å²) in [7, 11) is 0. The van der Waals surface area contributed by atoms with Gasteiger partial charge < -0.3 is 4.90 Å².